The number of aryl methyl sites for hydroxylation is 1. The van der Waals surface area contributed by atoms with Crippen LogP contribution in [0.2, 0.25) is 0 Å². The molecule has 28 heavy (non-hydrogen) atoms. The number of hydrogen-bond donors (Lipinski definition) is 2. The largest absolute Gasteiger partial charge is 0.343 e. The van der Waals surface area contributed by atoms with Gasteiger partial charge in [0.15, 0.2) is 16.8 Å². The lowest BCUT2D eigenvalue weighted by Gasteiger charge is -2.12. The molecule has 0 radical (unpaired) electrons. The molecule has 0 bridgehead atoms. The van der Waals surface area contributed by atoms with Gasteiger partial charge in [0.2, 0.25) is 5.91 Å². The van der Waals surface area contributed by atoms with Gasteiger partial charge in [0.1, 0.15) is 0 Å². The summed E-state index contributed by atoms with van der Waals surface area (Å²) < 4.78 is 27.7. The Bertz CT molecular complexity index is 1020. The number of thioether (sulfide) groups is 1. The number of rotatable bonds is 7. The number of carbonyl (C=O) groups is 1. The molecule has 0 aliphatic heterocycles. The van der Waals surface area contributed by atoms with Crippen LogP contribution in [0.25, 0.3) is 0 Å². The number of amides is 1. The number of nitrogens with one attached hydrogen (secondary N) is 2. The van der Waals surface area contributed by atoms with Gasteiger partial charge in [-0.2, -0.15) is 0 Å². The number of halogens is 2. The van der Waals surface area contributed by atoms with Crippen molar-refractivity contribution in [1.29, 1.82) is 0 Å². The number of hydrogen-bond acceptors (Lipinski definition) is 4. The Morgan fingerprint density at radius 3 is 2.68 bits per heavy atom. The van der Waals surface area contributed by atoms with Gasteiger partial charge < -0.3 is 5.32 Å². The van der Waals surface area contributed by atoms with Gasteiger partial charge in [-0.3, -0.25) is 9.36 Å². The van der Waals surface area contributed by atoms with E-state index in [4.69, 9.17) is 0 Å². The smallest absolute Gasteiger partial charge is 0.325 e. The van der Waals surface area contributed by atoms with Crippen molar-refractivity contribution in [2.24, 2.45) is 0 Å². The maximum absolute atomic E-state index is 13.3. The monoisotopic (exact) mass is 404 g/mol. The second-order valence-corrected chi connectivity index (χ2v) is 7.38. The van der Waals surface area contributed by atoms with Crippen LogP contribution in [0.1, 0.15) is 12.5 Å². The molecule has 1 heterocycles. The summed E-state index contributed by atoms with van der Waals surface area (Å²) in [5.74, 6) is -2.44. The van der Waals surface area contributed by atoms with Gasteiger partial charge in [-0.25, -0.2) is 18.7 Å². The van der Waals surface area contributed by atoms with Crippen LogP contribution >= 0.6 is 11.8 Å². The molecule has 1 amide bonds. The number of carbonyl (C=O) groups excluding carboxylic acids is 1. The zero-order valence-corrected chi connectivity index (χ0v) is 15.8. The number of benzene rings is 2. The van der Waals surface area contributed by atoms with Crippen molar-refractivity contribution < 1.29 is 13.6 Å². The van der Waals surface area contributed by atoms with Crippen molar-refractivity contribution in [3.05, 3.63) is 76.2 Å². The van der Waals surface area contributed by atoms with E-state index in [2.05, 4.69) is 15.5 Å². The van der Waals surface area contributed by atoms with Crippen LogP contribution in [0.3, 0.4) is 0 Å². The van der Waals surface area contributed by atoms with Crippen molar-refractivity contribution in [3.8, 4) is 0 Å². The molecule has 0 unspecified atom stereocenters. The zero-order chi connectivity index (χ0) is 20.1. The number of aromatic nitrogens is 3. The molecule has 0 aliphatic carbocycles. The van der Waals surface area contributed by atoms with E-state index in [0.29, 0.717) is 18.1 Å². The van der Waals surface area contributed by atoms with Crippen molar-refractivity contribution in [3.63, 3.8) is 0 Å². The van der Waals surface area contributed by atoms with E-state index in [0.717, 1.165) is 29.5 Å². The molecular weight excluding hydrogens is 386 g/mol. The van der Waals surface area contributed by atoms with Gasteiger partial charge in [-0.1, -0.05) is 42.1 Å². The minimum absolute atomic E-state index is 0.153. The summed E-state index contributed by atoms with van der Waals surface area (Å²) in [6, 6.07) is 12.8. The molecule has 146 valence electrons. The summed E-state index contributed by atoms with van der Waals surface area (Å²) in [5.41, 5.74) is 0.877. The molecular formula is C19H18F2N4O2S. The summed E-state index contributed by atoms with van der Waals surface area (Å²) in [6.45, 7) is 2.06. The van der Waals surface area contributed by atoms with E-state index in [1.54, 1.807) is 6.92 Å². The van der Waals surface area contributed by atoms with E-state index < -0.39 is 22.8 Å². The van der Waals surface area contributed by atoms with E-state index >= 15 is 0 Å². The van der Waals surface area contributed by atoms with Crippen LogP contribution in [0.15, 0.2) is 58.5 Å². The van der Waals surface area contributed by atoms with Gasteiger partial charge in [-0.15, -0.1) is 5.10 Å². The molecule has 3 rings (SSSR count). The lowest BCUT2D eigenvalue weighted by molar-refractivity contribution is -0.115. The summed E-state index contributed by atoms with van der Waals surface area (Å²) in [5, 5.41) is 8.67. The highest BCUT2D eigenvalue weighted by Crippen LogP contribution is 2.22. The number of H-pyrrole nitrogens is 1. The highest BCUT2D eigenvalue weighted by atomic mass is 32.2. The third-order valence-corrected chi connectivity index (χ3v) is 5.12. The Hall–Kier alpha value is -2.94. The molecule has 1 aromatic heterocycles. The number of aromatic amines is 1. The quantitative estimate of drug-likeness (QED) is 0.593. The zero-order valence-electron chi connectivity index (χ0n) is 15.0. The molecule has 0 fully saturated rings. The molecule has 3 aromatic rings. The van der Waals surface area contributed by atoms with E-state index in [-0.39, 0.29) is 11.4 Å². The van der Waals surface area contributed by atoms with E-state index in [1.165, 1.54) is 10.6 Å². The molecule has 1 atom stereocenters. The minimum Gasteiger partial charge on any atom is -0.325 e. The minimum atomic E-state index is -1.04. The number of nitrogens with zero attached hydrogens (tertiary/aromatic N) is 2. The lowest BCUT2D eigenvalue weighted by Crippen LogP contribution is -2.24. The molecule has 0 saturated carbocycles. The first kappa shape index (κ1) is 19.8. The van der Waals surface area contributed by atoms with Gasteiger partial charge in [0.05, 0.1) is 5.25 Å². The molecule has 0 saturated heterocycles. The maximum atomic E-state index is 13.3. The molecule has 2 N–H and O–H groups in total. The Kier molecular flexibility index (Phi) is 6.25. The predicted octanol–water partition coefficient (Wildman–Crippen LogP) is 3.21. The van der Waals surface area contributed by atoms with Gasteiger partial charge in [0, 0.05) is 18.3 Å². The summed E-state index contributed by atoms with van der Waals surface area (Å²) in [4.78, 5) is 24.4. The van der Waals surface area contributed by atoms with Crippen molar-refractivity contribution >= 4 is 23.4 Å². The Morgan fingerprint density at radius 2 is 1.96 bits per heavy atom. The molecule has 0 aliphatic rings. The summed E-state index contributed by atoms with van der Waals surface area (Å²) in [7, 11) is 0. The SMILES string of the molecule is C[C@@H](Sc1n[nH]c(=O)n1CCc1ccccc1)C(=O)Nc1ccc(F)c(F)c1. The first-order valence-electron chi connectivity index (χ1n) is 8.55. The first-order valence-corrected chi connectivity index (χ1v) is 9.43. The van der Waals surface area contributed by atoms with Crippen molar-refractivity contribution in [2.75, 3.05) is 5.32 Å². The fourth-order valence-corrected chi connectivity index (χ4v) is 3.39. The van der Waals surface area contributed by atoms with E-state index in [1.807, 2.05) is 30.3 Å². The Morgan fingerprint density at radius 1 is 1.21 bits per heavy atom. The Balaban J connectivity index is 1.65. The average molecular weight is 404 g/mol. The van der Waals surface area contributed by atoms with Gasteiger partial charge in [-0.05, 0) is 31.0 Å². The fraction of sp³-hybridized carbons (Fsp3) is 0.211. The number of anilines is 1. The summed E-state index contributed by atoms with van der Waals surface area (Å²) in [6.07, 6.45) is 0.642. The Labute approximate surface area is 164 Å². The molecule has 9 heteroatoms. The van der Waals surface area contributed by atoms with Gasteiger partial charge >= 0.3 is 5.69 Å². The maximum Gasteiger partial charge on any atom is 0.343 e. The van der Waals surface area contributed by atoms with Crippen LogP contribution in [0.4, 0.5) is 14.5 Å². The van der Waals surface area contributed by atoms with Crippen LogP contribution in [-0.2, 0) is 17.8 Å². The van der Waals surface area contributed by atoms with Crippen LogP contribution in [-0.4, -0.2) is 25.9 Å². The van der Waals surface area contributed by atoms with E-state index in [9.17, 15) is 18.4 Å². The lowest BCUT2D eigenvalue weighted by atomic mass is 10.1. The highest BCUT2D eigenvalue weighted by molar-refractivity contribution is 8.00. The standard InChI is InChI=1S/C19H18F2N4O2S/c1-12(17(26)22-14-7-8-15(20)16(21)11-14)28-19-24-23-18(27)25(19)10-9-13-5-3-2-4-6-13/h2-8,11-12H,9-10H2,1H3,(H,22,26)(H,23,27)/t12-/m1/s1. The third kappa shape index (κ3) is 4.86. The van der Waals surface area contributed by atoms with Crippen LogP contribution < -0.4 is 11.0 Å². The normalized spacial score (nSPS) is 12.0. The topological polar surface area (TPSA) is 79.8 Å². The van der Waals surface area contributed by atoms with Gasteiger partial charge in [0.25, 0.3) is 0 Å². The summed E-state index contributed by atoms with van der Waals surface area (Å²) >= 11 is 1.10. The van der Waals surface area contributed by atoms with Crippen LogP contribution in [0, 0.1) is 11.6 Å². The first-order chi connectivity index (χ1) is 13.4. The average Bonchev–Trinajstić information content (AvgIpc) is 3.03. The second-order valence-electron chi connectivity index (χ2n) is 6.08. The highest BCUT2D eigenvalue weighted by Gasteiger charge is 2.19. The predicted molar refractivity (Wildman–Crippen MR) is 103 cm³/mol. The van der Waals surface area contributed by atoms with Crippen LogP contribution in [0.5, 0.6) is 0 Å². The molecule has 6 nitrogen and oxygen atoms in total. The van der Waals surface area contributed by atoms with Crippen molar-refractivity contribution in [1.82, 2.24) is 14.8 Å². The third-order valence-electron chi connectivity index (χ3n) is 4.03. The molecule has 0 spiro atoms. The van der Waals surface area contributed by atoms with Crippen molar-refractivity contribution in [2.45, 2.75) is 30.3 Å². The fourth-order valence-electron chi connectivity index (χ4n) is 2.51. The second kappa shape index (κ2) is 8.83. The molecule has 2 aromatic carbocycles.